The summed E-state index contributed by atoms with van der Waals surface area (Å²) < 4.78 is 0. The van der Waals surface area contributed by atoms with Gasteiger partial charge in [0.1, 0.15) is 0 Å². The fourth-order valence-corrected chi connectivity index (χ4v) is 2.86. The predicted octanol–water partition coefficient (Wildman–Crippen LogP) is 4.65. The first kappa shape index (κ1) is 19.3. The lowest BCUT2D eigenvalue weighted by atomic mass is 9.88. The number of allylic oxidation sites excluding steroid dienone is 3. The largest absolute Gasteiger partial charge is 0.504 e. The minimum atomic E-state index is -0.0862. The average Bonchev–Trinajstić information content (AvgIpc) is 2.52. The van der Waals surface area contributed by atoms with E-state index in [-0.39, 0.29) is 11.5 Å². The summed E-state index contributed by atoms with van der Waals surface area (Å²) in [5.74, 6) is 0.254. The fourth-order valence-electron chi connectivity index (χ4n) is 2.86. The predicted molar refractivity (Wildman–Crippen MR) is 98.9 cm³/mol. The highest BCUT2D eigenvalue weighted by Gasteiger charge is 2.14. The average molecular weight is 317 g/mol. The molecule has 0 saturated carbocycles. The lowest BCUT2D eigenvalue weighted by molar-refractivity contribution is 0.402. The summed E-state index contributed by atoms with van der Waals surface area (Å²) in [4.78, 5) is 0. The monoisotopic (exact) mass is 317 g/mol. The first-order valence-corrected chi connectivity index (χ1v) is 8.47. The maximum absolute atomic E-state index is 9.86. The van der Waals surface area contributed by atoms with Crippen molar-refractivity contribution in [2.24, 2.45) is 5.92 Å². The van der Waals surface area contributed by atoms with E-state index in [2.05, 4.69) is 31.8 Å². The molecule has 0 aliphatic rings. The van der Waals surface area contributed by atoms with Crippen LogP contribution in [0.2, 0.25) is 0 Å². The van der Waals surface area contributed by atoms with E-state index in [1.165, 1.54) is 5.57 Å². The third-order valence-electron chi connectivity index (χ3n) is 4.29. The Bertz CT molecular complexity index is 555. The van der Waals surface area contributed by atoms with E-state index in [1.54, 1.807) is 12.1 Å². The summed E-state index contributed by atoms with van der Waals surface area (Å²) in [5.41, 5.74) is 4.33. The van der Waals surface area contributed by atoms with Gasteiger partial charge < -0.3 is 15.5 Å². The fraction of sp³-hybridized carbons (Fsp3) is 0.500. The van der Waals surface area contributed by atoms with E-state index >= 15 is 0 Å². The van der Waals surface area contributed by atoms with Crippen LogP contribution in [0.15, 0.2) is 30.4 Å². The second-order valence-electron chi connectivity index (χ2n) is 6.17. The van der Waals surface area contributed by atoms with Crippen molar-refractivity contribution in [2.75, 3.05) is 13.6 Å². The Labute approximate surface area is 140 Å². The number of benzene rings is 1. The second-order valence-corrected chi connectivity index (χ2v) is 6.17. The molecule has 1 unspecified atom stereocenters. The summed E-state index contributed by atoms with van der Waals surface area (Å²) in [5, 5.41) is 22.8. The maximum Gasteiger partial charge on any atom is 0.158 e. The molecule has 0 radical (unpaired) electrons. The van der Waals surface area contributed by atoms with Crippen molar-refractivity contribution in [1.82, 2.24) is 5.32 Å². The topological polar surface area (TPSA) is 52.5 Å². The highest BCUT2D eigenvalue weighted by molar-refractivity contribution is 5.68. The molecule has 1 atom stereocenters. The minimum absolute atomic E-state index is 0.0625. The second kappa shape index (κ2) is 9.41. The zero-order valence-corrected chi connectivity index (χ0v) is 14.9. The molecule has 0 aliphatic heterocycles. The summed E-state index contributed by atoms with van der Waals surface area (Å²) in [6, 6.07) is 3.30. The van der Waals surface area contributed by atoms with Crippen molar-refractivity contribution < 1.29 is 10.2 Å². The van der Waals surface area contributed by atoms with Crippen LogP contribution in [0.4, 0.5) is 0 Å². The number of hydrogen-bond donors (Lipinski definition) is 3. The standard InChI is InChI=1S/C20H31NO2/c1-6-15(7-2)10-16(8-9-21-5)11-17-12-19(22)20(23)13-18(17)14(3)4/h10,12-13,16,21-23H,3,6-9,11H2,1-2,4-5H3. The SMILES string of the molecule is C=C(C)c1cc(O)c(O)cc1CC(C=C(CC)CC)CCNC. The van der Waals surface area contributed by atoms with Crippen molar-refractivity contribution in [3.05, 3.63) is 41.5 Å². The number of phenolic OH excluding ortho intramolecular Hbond substituents is 2. The maximum atomic E-state index is 9.86. The molecule has 0 aromatic heterocycles. The van der Waals surface area contributed by atoms with Crippen LogP contribution < -0.4 is 5.32 Å². The zero-order chi connectivity index (χ0) is 17.4. The van der Waals surface area contributed by atoms with Gasteiger partial charge in [-0.1, -0.05) is 37.6 Å². The Morgan fingerprint density at radius 1 is 1.22 bits per heavy atom. The molecule has 0 saturated heterocycles. The lowest BCUT2D eigenvalue weighted by Crippen LogP contribution is -2.14. The third kappa shape index (κ3) is 5.76. The van der Waals surface area contributed by atoms with Crippen LogP contribution in [0.25, 0.3) is 5.57 Å². The van der Waals surface area contributed by atoms with Crippen molar-refractivity contribution in [3.8, 4) is 11.5 Å². The van der Waals surface area contributed by atoms with Gasteiger partial charge in [-0.3, -0.25) is 0 Å². The van der Waals surface area contributed by atoms with Gasteiger partial charge in [-0.2, -0.15) is 0 Å². The van der Waals surface area contributed by atoms with Crippen LogP contribution in [0.1, 0.15) is 51.2 Å². The van der Waals surface area contributed by atoms with Crippen molar-refractivity contribution >= 4 is 5.57 Å². The van der Waals surface area contributed by atoms with E-state index in [9.17, 15) is 10.2 Å². The molecule has 0 fully saturated rings. The summed E-state index contributed by atoms with van der Waals surface area (Å²) in [7, 11) is 1.97. The molecule has 1 aromatic carbocycles. The Morgan fingerprint density at radius 2 is 1.83 bits per heavy atom. The van der Waals surface area contributed by atoms with E-state index in [0.29, 0.717) is 5.92 Å². The molecular formula is C20H31NO2. The molecular weight excluding hydrogens is 286 g/mol. The molecule has 3 N–H and O–H groups in total. The molecule has 0 aliphatic carbocycles. The Balaban J connectivity index is 3.14. The summed E-state index contributed by atoms with van der Waals surface area (Å²) in [6.07, 6.45) is 6.39. The highest BCUT2D eigenvalue weighted by atomic mass is 16.3. The van der Waals surface area contributed by atoms with Gasteiger partial charge in [0.15, 0.2) is 11.5 Å². The van der Waals surface area contributed by atoms with Crippen LogP contribution in [-0.2, 0) is 6.42 Å². The van der Waals surface area contributed by atoms with Gasteiger partial charge in [0, 0.05) is 0 Å². The first-order chi connectivity index (χ1) is 10.9. The van der Waals surface area contributed by atoms with Crippen LogP contribution in [-0.4, -0.2) is 23.8 Å². The van der Waals surface area contributed by atoms with Crippen LogP contribution in [0.5, 0.6) is 11.5 Å². The smallest absolute Gasteiger partial charge is 0.158 e. The minimum Gasteiger partial charge on any atom is -0.504 e. The molecule has 0 bridgehead atoms. The quantitative estimate of drug-likeness (QED) is 0.459. The molecule has 0 amide bonds. The van der Waals surface area contributed by atoms with Gasteiger partial charge in [0.05, 0.1) is 0 Å². The van der Waals surface area contributed by atoms with E-state index in [1.807, 2.05) is 14.0 Å². The van der Waals surface area contributed by atoms with Crippen LogP contribution >= 0.6 is 0 Å². The van der Waals surface area contributed by atoms with E-state index in [0.717, 1.165) is 48.9 Å². The number of aromatic hydroxyl groups is 2. The van der Waals surface area contributed by atoms with Crippen molar-refractivity contribution in [1.29, 1.82) is 0 Å². The number of rotatable bonds is 9. The lowest BCUT2D eigenvalue weighted by Gasteiger charge is -2.18. The Hall–Kier alpha value is -1.74. The summed E-state index contributed by atoms with van der Waals surface area (Å²) >= 11 is 0. The van der Waals surface area contributed by atoms with Crippen LogP contribution in [0.3, 0.4) is 0 Å². The van der Waals surface area contributed by atoms with Gasteiger partial charge in [-0.15, -0.1) is 0 Å². The van der Waals surface area contributed by atoms with E-state index < -0.39 is 0 Å². The molecule has 1 rings (SSSR count). The molecule has 1 aromatic rings. The number of nitrogens with one attached hydrogen (secondary N) is 1. The molecule has 128 valence electrons. The van der Waals surface area contributed by atoms with Gasteiger partial charge >= 0.3 is 0 Å². The van der Waals surface area contributed by atoms with Gasteiger partial charge in [0.2, 0.25) is 0 Å². The normalized spacial score (nSPS) is 12.0. The van der Waals surface area contributed by atoms with Crippen LogP contribution in [0, 0.1) is 5.92 Å². The van der Waals surface area contributed by atoms with Crippen molar-refractivity contribution in [2.45, 2.75) is 46.5 Å². The summed E-state index contributed by atoms with van der Waals surface area (Å²) in [6.45, 7) is 11.3. The molecule has 23 heavy (non-hydrogen) atoms. The molecule has 3 heteroatoms. The van der Waals surface area contributed by atoms with E-state index in [4.69, 9.17) is 0 Å². The van der Waals surface area contributed by atoms with Crippen molar-refractivity contribution in [3.63, 3.8) is 0 Å². The third-order valence-corrected chi connectivity index (χ3v) is 4.29. The molecule has 0 spiro atoms. The Kier molecular flexibility index (Phi) is 7.90. The highest BCUT2D eigenvalue weighted by Crippen LogP contribution is 2.33. The first-order valence-electron chi connectivity index (χ1n) is 8.47. The number of hydrogen-bond acceptors (Lipinski definition) is 3. The van der Waals surface area contributed by atoms with Gasteiger partial charge in [0.25, 0.3) is 0 Å². The Morgan fingerprint density at radius 3 is 2.35 bits per heavy atom. The molecule has 3 nitrogen and oxygen atoms in total. The number of phenols is 2. The molecule has 0 heterocycles. The van der Waals surface area contributed by atoms with Gasteiger partial charge in [-0.25, -0.2) is 0 Å². The van der Waals surface area contributed by atoms with Gasteiger partial charge in [-0.05, 0) is 75.4 Å². The zero-order valence-electron chi connectivity index (χ0n) is 14.9.